The quantitative estimate of drug-likeness (QED) is 0.555. The van der Waals surface area contributed by atoms with E-state index >= 15 is 0 Å². The molecule has 3 aromatic carbocycles. The van der Waals surface area contributed by atoms with Gasteiger partial charge in [-0.2, -0.15) is 0 Å². The van der Waals surface area contributed by atoms with Crippen molar-refractivity contribution in [3.05, 3.63) is 102 Å². The maximum absolute atomic E-state index is 13.5. The molecule has 8 nitrogen and oxygen atoms in total. The number of carbonyl (C=O) groups excluding carboxylic acids is 3. The molecule has 4 rings (SSSR count). The van der Waals surface area contributed by atoms with Crippen molar-refractivity contribution in [1.82, 2.24) is 15.1 Å². The van der Waals surface area contributed by atoms with Crippen LogP contribution in [0.5, 0.6) is 0 Å². The van der Waals surface area contributed by atoms with E-state index in [0.717, 1.165) is 5.56 Å². The summed E-state index contributed by atoms with van der Waals surface area (Å²) in [6, 6.07) is 23.1. The summed E-state index contributed by atoms with van der Waals surface area (Å²) in [5.41, 5.74) is 1.66. The third-order valence-corrected chi connectivity index (χ3v) is 7.95. The van der Waals surface area contributed by atoms with Crippen molar-refractivity contribution in [3.8, 4) is 0 Å². The predicted molar refractivity (Wildman–Crippen MR) is 135 cm³/mol. The second-order valence-electron chi connectivity index (χ2n) is 8.56. The minimum Gasteiger partial charge on any atom is -0.336 e. The maximum Gasteiger partial charge on any atom is 0.261 e. The molecule has 1 heterocycles. The highest BCUT2D eigenvalue weighted by atomic mass is 32.2. The molecule has 1 fully saturated rings. The van der Waals surface area contributed by atoms with Gasteiger partial charge in [0.15, 0.2) is 0 Å². The molecule has 1 atom stereocenters. The first kappa shape index (κ1) is 25.1. The van der Waals surface area contributed by atoms with E-state index in [1.807, 2.05) is 13.0 Å². The number of carbonyl (C=O) groups is 3. The van der Waals surface area contributed by atoms with E-state index in [-0.39, 0.29) is 42.5 Å². The monoisotopic (exact) mass is 505 g/mol. The van der Waals surface area contributed by atoms with Gasteiger partial charge in [0.25, 0.3) is 17.7 Å². The summed E-state index contributed by atoms with van der Waals surface area (Å²) < 4.78 is 27.1. The molecule has 0 unspecified atom stereocenters. The predicted octanol–water partition coefficient (Wildman–Crippen LogP) is 2.51. The third-order valence-electron chi connectivity index (χ3n) is 6.08. The first-order valence-electron chi connectivity index (χ1n) is 11.6. The van der Waals surface area contributed by atoms with Crippen LogP contribution in [0.1, 0.15) is 26.3 Å². The van der Waals surface area contributed by atoms with Crippen LogP contribution in [0.25, 0.3) is 0 Å². The van der Waals surface area contributed by atoms with Crippen LogP contribution < -0.4 is 5.32 Å². The molecule has 186 valence electrons. The second kappa shape index (κ2) is 10.7. The molecule has 36 heavy (non-hydrogen) atoms. The number of benzene rings is 3. The molecular formula is C27H27N3O5S. The number of hydrogen-bond acceptors (Lipinski definition) is 5. The van der Waals surface area contributed by atoms with Gasteiger partial charge in [0.05, 0.1) is 4.90 Å². The molecule has 9 heteroatoms. The Labute approximate surface area is 210 Å². The van der Waals surface area contributed by atoms with E-state index < -0.39 is 27.0 Å². The van der Waals surface area contributed by atoms with Crippen LogP contribution in [-0.2, 0) is 14.6 Å². The number of aryl methyl sites for hydroxylation is 1. The topological polar surface area (TPSA) is 104 Å². The van der Waals surface area contributed by atoms with E-state index in [9.17, 15) is 22.8 Å². The molecule has 0 bridgehead atoms. The Morgan fingerprint density at radius 2 is 1.22 bits per heavy atom. The molecule has 1 aliphatic heterocycles. The van der Waals surface area contributed by atoms with Gasteiger partial charge in [0.2, 0.25) is 15.2 Å². The lowest BCUT2D eigenvalue weighted by Gasteiger charge is -2.36. The van der Waals surface area contributed by atoms with Crippen molar-refractivity contribution in [3.63, 3.8) is 0 Å². The molecule has 0 saturated carbocycles. The van der Waals surface area contributed by atoms with Gasteiger partial charge in [-0.25, -0.2) is 8.42 Å². The van der Waals surface area contributed by atoms with Crippen LogP contribution in [0, 0.1) is 6.92 Å². The fourth-order valence-corrected chi connectivity index (χ4v) is 5.45. The van der Waals surface area contributed by atoms with Crippen LogP contribution in [0.15, 0.2) is 89.8 Å². The summed E-state index contributed by atoms with van der Waals surface area (Å²) in [7, 11) is -4.25. The molecule has 3 aromatic rings. The minimum atomic E-state index is -4.25. The molecule has 0 aromatic heterocycles. The van der Waals surface area contributed by atoms with E-state index in [4.69, 9.17) is 0 Å². The maximum atomic E-state index is 13.5. The first-order valence-corrected chi connectivity index (χ1v) is 13.1. The lowest BCUT2D eigenvalue weighted by molar-refractivity contribution is -0.132. The van der Waals surface area contributed by atoms with Gasteiger partial charge in [-0.1, -0.05) is 54.1 Å². The molecule has 0 aliphatic carbocycles. The van der Waals surface area contributed by atoms with Gasteiger partial charge in [-0.3, -0.25) is 14.4 Å². The van der Waals surface area contributed by atoms with E-state index in [2.05, 4.69) is 5.32 Å². The summed E-state index contributed by atoms with van der Waals surface area (Å²) in [5.74, 6) is -1.54. The Morgan fingerprint density at radius 3 is 1.78 bits per heavy atom. The Hall–Kier alpha value is -3.98. The number of nitrogens with one attached hydrogen (secondary N) is 1. The zero-order valence-electron chi connectivity index (χ0n) is 19.8. The molecule has 1 saturated heterocycles. The number of rotatable bonds is 6. The Bertz CT molecular complexity index is 1340. The fraction of sp³-hybridized carbons (Fsp3) is 0.222. The van der Waals surface area contributed by atoms with Crippen LogP contribution >= 0.6 is 0 Å². The molecule has 3 amide bonds. The third kappa shape index (κ3) is 5.46. The molecule has 0 radical (unpaired) electrons. The summed E-state index contributed by atoms with van der Waals surface area (Å²) in [6.45, 7) is 2.64. The molecule has 1 aliphatic rings. The van der Waals surface area contributed by atoms with Gasteiger partial charge in [0, 0.05) is 37.3 Å². The Morgan fingerprint density at radius 1 is 0.722 bits per heavy atom. The highest BCUT2D eigenvalue weighted by Crippen LogP contribution is 2.19. The van der Waals surface area contributed by atoms with Gasteiger partial charge < -0.3 is 15.1 Å². The van der Waals surface area contributed by atoms with E-state index in [0.29, 0.717) is 5.56 Å². The van der Waals surface area contributed by atoms with Crippen molar-refractivity contribution in [2.75, 3.05) is 26.2 Å². The minimum absolute atomic E-state index is 0.0577. The largest absolute Gasteiger partial charge is 0.336 e. The van der Waals surface area contributed by atoms with Crippen LogP contribution in [0.4, 0.5) is 0 Å². The van der Waals surface area contributed by atoms with Gasteiger partial charge >= 0.3 is 0 Å². The summed E-state index contributed by atoms with van der Waals surface area (Å²) in [5, 5.41) is 0.643. The average Bonchev–Trinajstić information content (AvgIpc) is 2.92. The van der Waals surface area contributed by atoms with Crippen LogP contribution in [-0.4, -0.2) is 67.5 Å². The standard InChI is InChI=1S/C27H27N3O5S/c1-20-12-14-23(15-13-20)36(34,35)25(28-24(31)21-8-4-2-5-9-21)27(33)30-18-16-29(17-19-30)26(32)22-10-6-3-7-11-22/h2-15,25H,16-19H2,1H3,(H,28,31)/t25-/m0/s1. The van der Waals surface area contributed by atoms with Crippen molar-refractivity contribution in [1.29, 1.82) is 0 Å². The van der Waals surface area contributed by atoms with Crippen molar-refractivity contribution in [2.24, 2.45) is 0 Å². The number of nitrogens with zero attached hydrogens (tertiary/aromatic N) is 2. The molecule has 1 N–H and O–H groups in total. The normalized spacial score (nSPS) is 14.7. The smallest absolute Gasteiger partial charge is 0.261 e. The lowest BCUT2D eigenvalue weighted by Crippen LogP contribution is -2.57. The number of amides is 3. The average molecular weight is 506 g/mol. The molecular weight excluding hydrogens is 478 g/mol. The zero-order valence-corrected chi connectivity index (χ0v) is 20.6. The number of sulfone groups is 1. The highest BCUT2D eigenvalue weighted by molar-refractivity contribution is 7.92. The second-order valence-corrected chi connectivity index (χ2v) is 10.6. The van der Waals surface area contributed by atoms with E-state index in [1.165, 1.54) is 17.0 Å². The van der Waals surface area contributed by atoms with Crippen molar-refractivity contribution < 1.29 is 22.8 Å². The van der Waals surface area contributed by atoms with Gasteiger partial charge in [-0.15, -0.1) is 0 Å². The van der Waals surface area contributed by atoms with Gasteiger partial charge in [-0.05, 0) is 43.3 Å². The first-order chi connectivity index (χ1) is 17.3. The Kier molecular flexibility index (Phi) is 7.49. The summed E-state index contributed by atoms with van der Waals surface area (Å²) in [4.78, 5) is 42.1. The number of hydrogen-bond donors (Lipinski definition) is 1. The van der Waals surface area contributed by atoms with Crippen LogP contribution in [0.3, 0.4) is 0 Å². The Balaban J connectivity index is 1.55. The number of piperazine rings is 1. The van der Waals surface area contributed by atoms with E-state index in [1.54, 1.807) is 71.6 Å². The fourth-order valence-electron chi connectivity index (χ4n) is 3.99. The summed E-state index contributed by atoms with van der Waals surface area (Å²) in [6.07, 6.45) is 0. The zero-order chi connectivity index (χ0) is 25.7. The highest BCUT2D eigenvalue weighted by Gasteiger charge is 2.39. The lowest BCUT2D eigenvalue weighted by atomic mass is 10.2. The van der Waals surface area contributed by atoms with Crippen molar-refractivity contribution >= 4 is 27.6 Å². The molecule has 0 spiro atoms. The SMILES string of the molecule is Cc1ccc(S(=O)(=O)[C@H](NC(=O)c2ccccc2)C(=O)N2CCN(C(=O)c3ccccc3)CC2)cc1. The van der Waals surface area contributed by atoms with Crippen molar-refractivity contribution in [2.45, 2.75) is 17.2 Å². The van der Waals surface area contributed by atoms with Gasteiger partial charge in [0.1, 0.15) is 0 Å². The summed E-state index contributed by atoms with van der Waals surface area (Å²) >= 11 is 0. The van der Waals surface area contributed by atoms with Crippen LogP contribution in [0.2, 0.25) is 0 Å².